The molecule has 1 aromatic heterocycles. The summed E-state index contributed by atoms with van der Waals surface area (Å²) >= 11 is 6.02. The molecule has 0 aliphatic rings. The van der Waals surface area contributed by atoms with Crippen LogP contribution in [0.2, 0.25) is 5.02 Å². The normalized spacial score (nSPS) is 11.6. The van der Waals surface area contributed by atoms with Crippen molar-refractivity contribution in [2.45, 2.75) is 0 Å². The zero-order valence-electron chi connectivity index (χ0n) is 15.3. The number of rotatable bonds is 5. The highest BCUT2D eigenvalue weighted by Gasteiger charge is 2.21. The minimum Gasteiger partial charge on any atom is -0.383 e. The molecule has 12 heteroatoms. The standard InChI is InChI=1S/C17H16ClFN6O3S/c1-25(2)29(27,28)24-12-7-6-11(18)15(13(12)19)23-17(26)10-5-3-4-9-14(10)21-8-22-16(9)20/h3-8,24H,1-2H3,(H,23,26)(H2,20,21,22). The number of hydrogen-bond acceptors (Lipinski definition) is 6. The van der Waals surface area contributed by atoms with E-state index < -0.39 is 21.9 Å². The minimum absolute atomic E-state index is 0.113. The molecule has 2 aromatic carbocycles. The third-order valence-corrected chi connectivity index (χ3v) is 5.74. The van der Waals surface area contributed by atoms with E-state index in [2.05, 4.69) is 20.0 Å². The van der Waals surface area contributed by atoms with Gasteiger partial charge in [-0.05, 0) is 24.3 Å². The maximum atomic E-state index is 14.9. The number of nitrogens with two attached hydrogens (primary N) is 1. The van der Waals surface area contributed by atoms with E-state index in [0.717, 1.165) is 10.4 Å². The molecule has 0 saturated heterocycles. The fourth-order valence-electron chi connectivity index (χ4n) is 2.45. The Morgan fingerprint density at radius 2 is 1.93 bits per heavy atom. The second-order valence-electron chi connectivity index (χ2n) is 6.09. The number of nitrogen functional groups attached to an aromatic ring is 1. The Bertz CT molecular complexity index is 1220. The summed E-state index contributed by atoms with van der Waals surface area (Å²) in [6.07, 6.45) is 1.21. The summed E-state index contributed by atoms with van der Waals surface area (Å²) in [4.78, 5) is 20.7. The summed E-state index contributed by atoms with van der Waals surface area (Å²) in [7, 11) is -1.39. The van der Waals surface area contributed by atoms with E-state index in [9.17, 15) is 17.6 Å². The maximum absolute atomic E-state index is 14.9. The van der Waals surface area contributed by atoms with E-state index in [1.54, 1.807) is 12.1 Å². The predicted molar refractivity (Wildman–Crippen MR) is 110 cm³/mol. The van der Waals surface area contributed by atoms with Crippen LogP contribution in [-0.4, -0.2) is 42.7 Å². The van der Waals surface area contributed by atoms with Gasteiger partial charge in [-0.1, -0.05) is 17.7 Å². The molecule has 0 spiro atoms. The zero-order chi connectivity index (χ0) is 21.3. The molecule has 1 heterocycles. The van der Waals surface area contributed by atoms with Crippen LogP contribution in [-0.2, 0) is 10.2 Å². The van der Waals surface area contributed by atoms with Crippen molar-refractivity contribution in [3.63, 3.8) is 0 Å². The van der Waals surface area contributed by atoms with Gasteiger partial charge in [0.2, 0.25) is 0 Å². The lowest BCUT2D eigenvalue weighted by atomic mass is 10.1. The Labute approximate surface area is 170 Å². The van der Waals surface area contributed by atoms with Crippen LogP contribution < -0.4 is 15.8 Å². The number of halogens is 2. The number of para-hydroxylation sites is 1. The summed E-state index contributed by atoms with van der Waals surface area (Å²) in [5, 5.41) is 2.71. The second-order valence-corrected chi connectivity index (χ2v) is 8.38. The van der Waals surface area contributed by atoms with Crippen molar-refractivity contribution in [2.75, 3.05) is 29.9 Å². The number of aromatic nitrogens is 2. The van der Waals surface area contributed by atoms with Gasteiger partial charge in [0.1, 0.15) is 12.1 Å². The lowest BCUT2D eigenvalue weighted by Gasteiger charge is -2.16. The zero-order valence-corrected chi connectivity index (χ0v) is 16.8. The Balaban J connectivity index is 2.00. The average Bonchev–Trinajstić information content (AvgIpc) is 2.67. The van der Waals surface area contributed by atoms with Gasteiger partial charge in [-0.3, -0.25) is 9.52 Å². The summed E-state index contributed by atoms with van der Waals surface area (Å²) in [5.74, 6) is -1.55. The molecule has 4 N–H and O–H groups in total. The third-order valence-electron chi connectivity index (χ3n) is 3.99. The van der Waals surface area contributed by atoms with Gasteiger partial charge in [-0.15, -0.1) is 0 Å². The fraction of sp³-hybridized carbons (Fsp3) is 0.118. The van der Waals surface area contributed by atoms with Crippen LogP contribution in [0.3, 0.4) is 0 Å². The van der Waals surface area contributed by atoms with Gasteiger partial charge in [0.25, 0.3) is 5.91 Å². The van der Waals surface area contributed by atoms with Gasteiger partial charge in [0.05, 0.1) is 27.5 Å². The molecular weight excluding hydrogens is 423 g/mol. The molecule has 3 rings (SSSR count). The molecule has 3 aromatic rings. The quantitative estimate of drug-likeness (QED) is 0.561. The minimum atomic E-state index is -3.96. The van der Waals surface area contributed by atoms with Crippen molar-refractivity contribution in [2.24, 2.45) is 0 Å². The van der Waals surface area contributed by atoms with Crippen LogP contribution in [0, 0.1) is 5.82 Å². The van der Waals surface area contributed by atoms with E-state index in [4.69, 9.17) is 17.3 Å². The fourth-order valence-corrected chi connectivity index (χ4v) is 3.26. The average molecular weight is 439 g/mol. The van der Waals surface area contributed by atoms with Crippen molar-refractivity contribution in [1.29, 1.82) is 0 Å². The highest BCUT2D eigenvalue weighted by molar-refractivity contribution is 7.90. The number of benzene rings is 2. The van der Waals surface area contributed by atoms with E-state index in [1.807, 2.05) is 0 Å². The topological polar surface area (TPSA) is 130 Å². The third kappa shape index (κ3) is 4.06. The number of fused-ring (bicyclic) bond motifs is 1. The maximum Gasteiger partial charge on any atom is 0.301 e. The van der Waals surface area contributed by atoms with Gasteiger partial charge in [0, 0.05) is 19.5 Å². The Hall–Kier alpha value is -3.02. The van der Waals surface area contributed by atoms with E-state index in [-0.39, 0.29) is 33.3 Å². The molecule has 0 atom stereocenters. The summed E-state index contributed by atoms with van der Waals surface area (Å²) in [5.41, 5.74) is 5.44. The number of carbonyl (C=O) groups excluding carboxylic acids is 1. The second kappa shape index (κ2) is 7.78. The van der Waals surface area contributed by atoms with E-state index >= 15 is 0 Å². The van der Waals surface area contributed by atoms with Gasteiger partial charge in [-0.2, -0.15) is 12.7 Å². The highest BCUT2D eigenvalue weighted by Crippen LogP contribution is 2.32. The van der Waals surface area contributed by atoms with Crippen LogP contribution in [0.4, 0.5) is 21.6 Å². The Morgan fingerprint density at radius 1 is 1.21 bits per heavy atom. The smallest absolute Gasteiger partial charge is 0.301 e. The number of amides is 1. The molecule has 0 aliphatic carbocycles. The summed E-state index contributed by atoms with van der Waals surface area (Å²) in [6, 6.07) is 7.12. The number of hydrogen-bond donors (Lipinski definition) is 3. The number of carbonyl (C=O) groups is 1. The first-order valence-electron chi connectivity index (χ1n) is 8.10. The van der Waals surface area contributed by atoms with Crippen molar-refractivity contribution in [3.05, 3.63) is 53.1 Å². The molecule has 152 valence electrons. The molecule has 0 fully saturated rings. The molecule has 0 bridgehead atoms. The summed E-state index contributed by atoms with van der Waals surface area (Å²) < 4.78 is 41.8. The van der Waals surface area contributed by atoms with E-state index in [1.165, 1.54) is 32.6 Å². The molecule has 0 radical (unpaired) electrons. The molecule has 0 aliphatic heterocycles. The largest absolute Gasteiger partial charge is 0.383 e. The first kappa shape index (κ1) is 20.7. The van der Waals surface area contributed by atoms with E-state index in [0.29, 0.717) is 5.39 Å². The molecule has 1 amide bonds. The number of nitrogens with one attached hydrogen (secondary N) is 2. The molecule has 0 saturated carbocycles. The van der Waals surface area contributed by atoms with Crippen LogP contribution in [0.1, 0.15) is 10.4 Å². The van der Waals surface area contributed by atoms with Crippen LogP contribution in [0.15, 0.2) is 36.7 Å². The van der Waals surface area contributed by atoms with Gasteiger partial charge < -0.3 is 11.1 Å². The van der Waals surface area contributed by atoms with Gasteiger partial charge >= 0.3 is 10.2 Å². The van der Waals surface area contributed by atoms with Crippen molar-refractivity contribution >= 4 is 55.8 Å². The Morgan fingerprint density at radius 3 is 2.62 bits per heavy atom. The number of anilines is 3. The van der Waals surface area contributed by atoms with Crippen LogP contribution in [0.25, 0.3) is 10.9 Å². The predicted octanol–water partition coefficient (Wildman–Crippen LogP) is 2.48. The summed E-state index contributed by atoms with van der Waals surface area (Å²) in [6.45, 7) is 0. The first-order chi connectivity index (χ1) is 13.6. The highest BCUT2D eigenvalue weighted by atomic mass is 35.5. The number of nitrogens with zero attached hydrogens (tertiary/aromatic N) is 3. The lowest BCUT2D eigenvalue weighted by Crippen LogP contribution is -2.29. The lowest BCUT2D eigenvalue weighted by molar-refractivity contribution is 0.102. The monoisotopic (exact) mass is 438 g/mol. The van der Waals surface area contributed by atoms with Crippen molar-refractivity contribution in [3.8, 4) is 0 Å². The molecule has 0 unspecified atom stereocenters. The van der Waals surface area contributed by atoms with Crippen LogP contribution >= 0.6 is 11.6 Å². The van der Waals surface area contributed by atoms with Gasteiger partial charge in [0.15, 0.2) is 5.82 Å². The van der Waals surface area contributed by atoms with Crippen molar-refractivity contribution < 1.29 is 17.6 Å². The van der Waals surface area contributed by atoms with Gasteiger partial charge in [-0.25, -0.2) is 14.4 Å². The molecular formula is C17H16ClFN6O3S. The first-order valence-corrected chi connectivity index (χ1v) is 9.92. The van der Waals surface area contributed by atoms with Crippen molar-refractivity contribution in [1.82, 2.24) is 14.3 Å². The van der Waals surface area contributed by atoms with Crippen LogP contribution in [0.5, 0.6) is 0 Å². The molecule has 29 heavy (non-hydrogen) atoms. The Kier molecular flexibility index (Phi) is 5.55. The SMILES string of the molecule is CN(C)S(=O)(=O)Nc1ccc(Cl)c(NC(=O)c2cccc3c(N)ncnc23)c1F. The molecule has 9 nitrogen and oxygen atoms in total.